The first-order valence-corrected chi connectivity index (χ1v) is 24.9. The molecule has 0 N–H and O–H groups in total. The zero-order valence-corrected chi connectivity index (χ0v) is 43.7. The third-order valence-electron chi connectivity index (χ3n) is 14.5. The quantitative estimate of drug-likeness (QED) is 0.123. The van der Waals surface area contributed by atoms with Gasteiger partial charge in [-0.3, -0.25) is 0 Å². The third-order valence-corrected chi connectivity index (χ3v) is 14.5. The minimum Gasteiger partial charge on any atom is -0.509 e. The van der Waals surface area contributed by atoms with E-state index in [0.29, 0.717) is 33.9 Å². The van der Waals surface area contributed by atoms with E-state index in [1.54, 1.807) is 51.9 Å². The number of benzene rings is 10. The Labute approximate surface area is 478 Å². The van der Waals surface area contributed by atoms with E-state index in [2.05, 4.69) is 55.7 Å². The first-order chi connectivity index (χ1) is 42.7. The Kier molecular flexibility index (Phi) is 8.08. The van der Waals surface area contributed by atoms with Crippen LogP contribution in [-0.4, -0.2) is 18.7 Å². The fourth-order valence-electron chi connectivity index (χ4n) is 11.1. The van der Waals surface area contributed by atoms with Crippen LogP contribution in [0.1, 0.15) is 44.2 Å². The fourth-order valence-corrected chi connectivity index (χ4v) is 11.1. The Morgan fingerprint density at radius 3 is 1.77 bits per heavy atom. The summed E-state index contributed by atoms with van der Waals surface area (Å²) in [7, 11) is 0. The minimum absolute atomic E-state index is 0. The van der Waals surface area contributed by atoms with Gasteiger partial charge in [-0.2, -0.15) is 16.7 Å². The number of ether oxygens (including phenoxy) is 1. The average Bonchev–Trinajstić information content (AvgIpc) is 1.43. The molecule has 0 saturated carbocycles. The summed E-state index contributed by atoms with van der Waals surface area (Å²) in [6.45, 7) is 6.47. The van der Waals surface area contributed by atoms with Crippen LogP contribution in [-0.2, 0) is 26.5 Å². The molecule has 4 aromatic heterocycles. The first-order valence-electron chi connectivity index (χ1n) is 31.4. The number of imidazole rings is 1. The Morgan fingerprint density at radius 1 is 0.506 bits per heavy atom. The van der Waals surface area contributed by atoms with Gasteiger partial charge in [0.2, 0.25) is 0 Å². The van der Waals surface area contributed by atoms with Gasteiger partial charge in [-0.05, 0) is 98.8 Å². The van der Waals surface area contributed by atoms with Gasteiger partial charge < -0.3 is 13.9 Å². The van der Waals surface area contributed by atoms with Crippen molar-refractivity contribution in [3.63, 3.8) is 0 Å². The van der Waals surface area contributed by atoms with Crippen molar-refractivity contribution in [1.82, 2.24) is 18.7 Å². The van der Waals surface area contributed by atoms with Gasteiger partial charge in [0.25, 0.3) is 6.33 Å². The van der Waals surface area contributed by atoms with Gasteiger partial charge in [-0.1, -0.05) is 172 Å². The van der Waals surface area contributed by atoms with Gasteiger partial charge in [-0.15, -0.1) is 29.7 Å². The van der Waals surface area contributed by atoms with Gasteiger partial charge in [0.15, 0.2) is 11.0 Å². The van der Waals surface area contributed by atoms with Crippen molar-refractivity contribution in [2.75, 3.05) is 0 Å². The molecule has 77 heavy (non-hydrogen) atoms. The number of pyridine rings is 1. The number of nitrogens with zero attached hydrogens (tertiary/aromatic N) is 5. The number of aromatic nitrogens is 5. The molecule has 7 heteroatoms. The Morgan fingerprint density at radius 2 is 1.08 bits per heavy atom. The standard InChI is InChI=1S/C70H48N5O.Pt/c1-70(2,3)46-37-38-71-67(39-46)75-64-33-16-13-29-57(64)58-36-35-50(43-66(58)75)76-49-22-17-21-47(40-49)72-44-73-68-60(45-19-5-4-6-20-45)41-48(74-62-31-14-11-27-55(62)56-28-12-15-32-63(56)74)42-61(68)54-26-10-8-24-52(54)51-23-7-9-25-53(51)59-30-18-34-65(72)69(59)73;/h4-39,41-42,44H,1-3H3;/q-1;/i4D,5D,6D,7D,8D,9D,10D,19D,20D,23D,24D,25D,26D;. The van der Waals surface area contributed by atoms with Gasteiger partial charge in [0.05, 0.1) is 28.9 Å². The van der Waals surface area contributed by atoms with Crippen LogP contribution in [0.15, 0.2) is 237 Å². The first kappa shape index (κ1) is 34.5. The normalized spacial score (nSPS) is 14.4. The molecular weight excluding hydrogens is 1120 g/mol. The second-order valence-electron chi connectivity index (χ2n) is 19.9. The molecule has 0 bridgehead atoms. The summed E-state index contributed by atoms with van der Waals surface area (Å²) in [6, 6.07) is 44.8. The SMILES string of the molecule is [2H]c1c([2H])c([2H])c(-c2cc(-n3c4ccccc4c4ccccc43)cc3c2-[n+]2cn(-c4[c-]c(Oc5[c-]c6c(cc5)c5ccccc5n6-c5cc(C(C)(C)C)ccn5)ccc4)c4cccc(c42)-c2c([2H])c([2H])c([2H])c([2H])c2-c2c([2H])c([2H])c([2H])c([2H])c2-3)c([2H])c1[2H].[Pt]. The van der Waals surface area contributed by atoms with Crippen LogP contribution in [0.4, 0.5) is 0 Å². The number of fused-ring (bicyclic) bond motifs is 13. The second-order valence-corrected chi connectivity index (χ2v) is 19.9. The molecule has 14 aromatic rings. The average molecular weight is 1180 g/mol. The van der Waals surface area contributed by atoms with E-state index in [0.717, 1.165) is 55.0 Å². The van der Waals surface area contributed by atoms with Crippen LogP contribution in [0, 0.1) is 12.1 Å². The van der Waals surface area contributed by atoms with E-state index in [4.69, 9.17) is 13.8 Å². The number of para-hydroxylation sites is 4. The van der Waals surface area contributed by atoms with Crippen molar-refractivity contribution < 1.29 is 48.2 Å². The summed E-state index contributed by atoms with van der Waals surface area (Å²) in [6.07, 6.45) is 3.52. The van der Waals surface area contributed by atoms with Gasteiger partial charge in [0.1, 0.15) is 11.5 Å². The summed E-state index contributed by atoms with van der Waals surface area (Å²) in [5.74, 6) is 1.39. The fraction of sp³-hybridized carbons (Fsp3) is 0.0571. The maximum absolute atomic E-state index is 10.0. The van der Waals surface area contributed by atoms with E-state index in [1.165, 1.54) is 0 Å². The van der Waals surface area contributed by atoms with Crippen molar-refractivity contribution in [1.29, 1.82) is 0 Å². The van der Waals surface area contributed by atoms with E-state index >= 15 is 0 Å². The molecule has 370 valence electrons. The number of hydrogen-bond acceptors (Lipinski definition) is 2. The second kappa shape index (κ2) is 18.0. The predicted octanol–water partition coefficient (Wildman–Crippen LogP) is 17.2. The van der Waals surface area contributed by atoms with Crippen LogP contribution >= 0.6 is 0 Å². The van der Waals surface area contributed by atoms with Gasteiger partial charge >= 0.3 is 0 Å². The molecule has 0 spiro atoms. The third kappa shape index (κ3) is 7.42. The summed E-state index contributed by atoms with van der Waals surface area (Å²) in [5, 5.41) is 3.69. The monoisotopic (exact) mass is 1180 g/mol. The molecule has 0 fully saturated rings. The van der Waals surface area contributed by atoms with E-state index < -0.39 is 78.6 Å². The van der Waals surface area contributed by atoms with Crippen LogP contribution < -0.4 is 9.30 Å². The molecule has 0 aliphatic carbocycles. The molecule has 15 rings (SSSR count). The van der Waals surface area contributed by atoms with E-state index in [-0.39, 0.29) is 76.7 Å². The molecule has 0 amide bonds. The smallest absolute Gasteiger partial charge is 0.253 e. The van der Waals surface area contributed by atoms with Gasteiger partial charge in [-0.25, -0.2) is 9.55 Å². The molecule has 0 saturated heterocycles. The van der Waals surface area contributed by atoms with Crippen LogP contribution in [0.2, 0.25) is 0 Å². The van der Waals surface area contributed by atoms with Crippen LogP contribution in [0.25, 0.3) is 122 Å². The molecule has 0 atom stereocenters. The topological polar surface area (TPSA) is 40.8 Å². The zero-order valence-electron chi connectivity index (χ0n) is 54.5. The van der Waals surface area contributed by atoms with E-state index in [9.17, 15) is 13.7 Å². The molecular formula is C70H48N5OPt-. The zero-order chi connectivity index (χ0) is 62.0. The molecule has 0 radical (unpaired) electrons. The van der Waals surface area contributed by atoms with Crippen molar-refractivity contribution in [2.45, 2.75) is 26.2 Å². The summed E-state index contributed by atoms with van der Waals surface area (Å²) < 4.78 is 137. The van der Waals surface area contributed by atoms with Crippen molar-refractivity contribution in [3.05, 3.63) is 254 Å². The van der Waals surface area contributed by atoms with Crippen molar-refractivity contribution in [3.8, 4) is 78.9 Å². The maximum Gasteiger partial charge on any atom is 0.253 e. The summed E-state index contributed by atoms with van der Waals surface area (Å²) >= 11 is 0. The van der Waals surface area contributed by atoms with Gasteiger partial charge in [0, 0.05) is 83.1 Å². The number of rotatable bonds is 6. The summed E-state index contributed by atoms with van der Waals surface area (Å²) in [4.78, 5) is 4.84. The molecule has 1 aliphatic rings. The number of hydrogen-bond donors (Lipinski definition) is 0. The largest absolute Gasteiger partial charge is 0.509 e. The predicted molar refractivity (Wildman–Crippen MR) is 309 cm³/mol. The van der Waals surface area contributed by atoms with Crippen molar-refractivity contribution in [2.24, 2.45) is 0 Å². The van der Waals surface area contributed by atoms with Crippen molar-refractivity contribution >= 4 is 54.6 Å². The molecule has 6 nitrogen and oxygen atoms in total. The Balaban J connectivity index is 0.00000707. The molecule has 10 aromatic carbocycles. The minimum atomic E-state index is -0.659. The Bertz CT molecular complexity index is 5390. The molecule has 5 heterocycles. The van der Waals surface area contributed by atoms with E-state index in [1.807, 2.05) is 102 Å². The summed E-state index contributed by atoms with van der Waals surface area (Å²) in [5.41, 5.74) is 5.22. The maximum atomic E-state index is 10.0. The molecule has 0 unspecified atom stereocenters. The molecule has 1 aliphatic heterocycles. The van der Waals surface area contributed by atoms with Crippen LogP contribution in [0.3, 0.4) is 0 Å². The van der Waals surface area contributed by atoms with Crippen LogP contribution in [0.5, 0.6) is 11.5 Å². The Hall–Kier alpha value is -9.09.